The number of carbonyl (C=O) groups is 1. The molecule has 0 radical (unpaired) electrons. The number of benzene rings is 3. The highest BCUT2D eigenvalue weighted by Gasteiger charge is 2.10. The van der Waals surface area contributed by atoms with Crippen LogP contribution in [0.5, 0.6) is 0 Å². The van der Waals surface area contributed by atoms with E-state index in [2.05, 4.69) is 32.6 Å². The molecule has 0 amide bonds. The second-order valence-corrected chi connectivity index (χ2v) is 8.27. The first kappa shape index (κ1) is 20.2. The summed E-state index contributed by atoms with van der Waals surface area (Å²) in [4.78, 5) is 20.2. The number of carboxylic acid groups (broad SMARTS) is 1. The molecule has 0 saturated carbocycles. The highest BCUT2D eigenvalue weighted by atomic mass is 127. The quantitative estimate of drug-likeness (QED) is 0.198. The van der Waals surface area contributed by atoms with Crippen LogP contribution in [0.2, 0.25) is 0 Å². The molecule has 0 aliphatic carbocycles. The van der Waals surface area contributed by atoms with Gasteiger partial charge in [0.15, 0.2) is 5.58 Å². The molecule has 6 nitrogen and oxygen atoms in total. The van der Waals surface area contributed by atoms with E-state index in [0.717, 1.165) is 14.7 Å². The fraction of sp³-hybridized carbons (Fsp3) is 0. The Kier molecular flexibility index (Phi) is 5.32. The number of furan rings is 1. The Balaban J connectivity index is 1.38. The lowest BCUT2D eigenvalue weighted by Crippen LogP contribution is -1.95. The number of nitrogens with zero attached hydrogens (tertiary/aromatic N) is 2. The average molecular weight is 534 g/mol. The van der Waals surface area contributed by atoms with Crippen LogP contribution in [-0.4, -0.2) is 22.3 Å². The Hall–Kier alpha value is -3.72. The van der Waals surface area contributed by atoms with Gasteiger partial charge in [-0.05, 0) is 83.3 Å². The number of carboxylic acids is 1. The Morgan fingerprint density at radius 2 is 1.78 bits per heavy atom. The standard InChI is InChI=1S/C25H15IN2O4/c26-18-6-2-4-16(12-18)24-28-21-13-19(7-9-23(21)32-24)27-14-20-8-10-22(31-20)15-3-1-5-17(11-15)25(29)30/h1-14H,(H,29,30). The van der Waals surface area contributed by atoms with E-state index in [4.69, 9.17) is 13.9 Å². The molecule has 0 saturated heterocycles. The summed E-state index contributed by atoms with van der Waals surface area (Å²) in [6.07, 6.45) is 1.62. The number of aliphatic imine (C=N–C) groups is 1. The van der Waals surface area contributed by atoms with E-state index in [9.17, 15) is 4.79 Å². The van der Waals surface area contributed by atoms with E-state index >= 15 is 0 Å². The smallest absolute Gasteiger partial charge is 0.335 e. The minimum absolute atomic E-state index is 0.208. The molecule has 0 aliphatic rings. The summed E-state index contributed by atoms with van der Waals surface area (Å²) < 4.78 is 12.8. The van der Waals surface area contributed by atoms with Crippen molar-refractivity contribution in [2.75, 3.05) is 0 Å². The molecular formula is C25H15IN2O4. The first-order valence-electron chi connectivity index (χ1n) is 9.69. The van der Waals surface area contributed by atoms with E-state index in [1.54, 1.807) is 42.6 Å². The van der Waals surface area contributed by atoms with Gasteiger partial charge in [-0.2, -0.15) is 0 Å². The van der Waals surface area contributed by atoms with Gasteiger partial charge >= 0.3 is 5.97 Å². The SMILES string of the molecule is O=C(O)c1cccc(-c2ccc(C=Nc3ccc4oc(-c5cccc(I)c5)nc4c3)o2)c1. The highest BCUT2D eigenvalue weighted by molar-refractivity contribution is 14.1. The summed E-state index contributed by atoms with van der Waals surface area (Å²) in [5.74, 6) is 0.719. The molecule has 0 spiro atoms. The molecule has 0 fully saturated rings. The van der Waals surface area contributed by atoms with Crippen molar-refractivity contribution in [3.63, 3.8) is 0 Å². The molecule has 0 aliphatic heterocycles. The van der Waals surface area contributed by atoms with Crippen LogP contribution in [0.4, 0.5) is 5.69 Å². The van der Waals surface area contributed by atoms with Crippen LogP contribution in [0.1, 0.15) is 16.1 Å². The van der Waals surface area contributed by atoms with E-state index in [1.807, 2.05) is 42.5 Å². The number of hydrogen-bond acceptors (Lipinski definition) is 5. The number of halogens is 1. The minimum Gasteiger partial charge on any atom is -0.478 e. The largest absolute Gasteiger partial charge is 0.478 e. The summed E-state index contributed by atoms with van der Waals surface area (Å²) in [5.41, 5.74) is 3.95. The first-order chi connectivity index (χ1) is 15.5. The molecular weight excluding hydrogens is 519 g/mol. The summed E-state index contributed by atoms with van der Waals surface area (Å²) in [5, 5.41) is 9.16. The molecule has 32 heavy (non-hydrogen) atoms. The molecule has 156 valence electrons. The van der Waals surface area contributed by atoms with Gasteiger partial charge in [0.1, 0.15) is 17.0 Å². The molecule has 5 aromatic rings. The van der Waals surface area contributed by atoms with Crippen LogP contribution in [0, 0.1) is 3.57 Å². The van der Waals surface area contributed by atoms with Gasteiger partial charge in [-0.15, -0.1) is 0 Å². The van der Waals surface area contributed by atoms with Crippen LogP contribution in [0.25, 0.3) is 33.9 Å². The molecule has 3 aromatic carbocycles. The van der Waals surface area contributed by atoms with Crippen LogP contribution in [0.15, 0.2) is 92.7 Å². The van der Waals surface area contributed by atoms with Crippen molar-refractivity contribution < 1.29 is 18.7 Å². The molecule has 5 rings (SSSR count). The maximum Gasteiger partial charge on any atom is 0.335 e. The zero-order valence-corrected chi connectivity index (χ0v) is 18.7. The lowest BCUT2D eigenvalue weighted by Gasteiger charge is -1.99. The topological polar surface area (TPSA) is 88.8 Å². The second-order valence-electron chi connectivity index (χ2n) is 7.03. The molecule has 1 N–H and O–H groups in total. The zero-order chi connectivity index (χ0) is 22.1. The number of aromatic nitrogens is 1. The number of aromatic carboxylic acids is 1. The molecule has 0 bridgehead atoms. The van der Waals surface area contributed by atoms with Crippen molar-refractivity contribution in [1.29, 1.82) is 0 Å². The summed E-state index contributed by atoms with van der Waals surface area (Å²) in [6, 6.07) is 23.7. The number of fused-ring (bicyclic) bond motifs is 1. The van der Waals surface area contributed by atoms with Gasteiger partial charge in [0, 0.05) is 14.7 Å². The van der Waals surface area contributed by atoms with Crippen molar-refractivity contribution in [3.8, 4) is 22.8 Å². The Bertz CT molecular complexity index is 1480. The van der Waals surface area contributed by atoms with Crippen molar-refractivity contribution in [3.05, 3.63) is 93.8 Å². The number of oxazole rings is 1. The molecule has 0 unspecified atom stereocenters. The van der Waals surface area contributed by atoms with Gasteiger partial charge in [-0.3, -0.25) is 4.99 Å². The first-order valence-corrected chi connectivity index (χ1v) is 10.8. The third-order valence-corrected chi connectivity index (χ3v) is 5.48. The van der Waals surface area contributed by atoms with Crippen LogP contribution in [-0.2, 0) is 0 Å². The predicted octanol–water partition coefficient (Wildman–Crippen LogP) is 6.81. The summed E-state index contributed by atoms with van der Waals surface area (Å²) in [6.45, 7) is 0. The van der Waals surface area contributed by atoms with E-state index < -0.39 is 5.97 Å². The molecule has 0 atom stereocenters. The summed E-state index contributed by atoms with van der Waals surface area (Å²) >= 11 is 2.26. The van der Waals surface area contributed by atoms with Gasteiger partial charge in [0.25, 0.3) is 0 Å². The minimum atomic E-state index is -0.978. The zero-order valence-electron chi connectivity index (χ0n) is 16.5. The Morgan fingerprint density at radius 1 is 0.938 bits per heavy atom. The molecule has 2 aromatic heterocycles. The van der Waals surface area contributed by atoms with Crippen LogP contribution < -0.4 is 0 Å². The summed E-state index contributed by atoms with van der Waals surface area (Å²) in [7, 11) is 0. The Morgan fingerprint density at radius 3 is 2.62 bits per heavy atom. The second kappa shape index (κ2) is 8.43. The van der Waals surface area contributed by atoms with E-state index in [0.29, 0.717) is 34.2 Å². The lowest BCUT2D eigenvalue weighted by atomic mass is 10.1. The van der Waals surface area contributed by atoms with Gasteiger partial charge in [-0.1, -0.05) is 18.2 Å². The third-order valence-electron chi connectivity index (χ3n) is 4.80. The Labute approximate surface area is 196 Å². The van der Waals surface area contributed by atoms with Gasteiger partial charge in [0.2, 0.25) is 5.89 Å². The highest BCUT2D eigenvalue weighted by Crippen LogP contribution is 2.28. The number of rotatable bonds is 5. The average Bonchev–Trinajstić information content (AvgIpc) is 3.44. The fourth-order valence-corrected chi connectivity index (χ4v) is 3.81. The number of hydrogen-bond donors (Lipinski definition) is 1. The van der Waals surface area contributed by atoms with Crippen LogP contribution in [0.3, 0.4) is 0 Å². The van der Waals surface area contributed by atoms with E-state index in [1.165, 1.54) is 0 Å². The van der Waals surface area contributed by atoms with Crippen molar-refractivity contribution in [1.82, 2.24) is 4.98 Å². The normalized spacial score (nSPS) is 11.4. The third kappa shape index (κ3) is 4.19. The van der Waals surface area contributed by atoms with Crippen molar-refractivity contribution in [2.24, 2.45) is 4.99 Å². The van der Waals surface area contributed by atoms with Crippen LogP contribution >= 0.6 is 22.6 Å². The molecule has 7 heteroatoms. The van der Waals surface area contributed by atoms with Gasteiger partial charge in [-0.25, -0.2) is 9.78 Å². The van der Waals surface area contributed by atoms with Crippen molar-refractivity contribution >= 4 is 51.6 Å². The maximum atomic E-state index is 11.2. The fourth-order valence-electron chi connectivity index (χ4n) is 3.26. The van der Waals surface area contributed by atoms with E-state index in [-0.39, 0.29) is 5.56 Å². The predicted molar refractivity (Wildman–Crippen MR) is 131 cm³/mol. The maximum absolute atomic E-state index is 11.2. The lowest BCUT2D eigenvalue weighted by molar-refractivity contribution is 0.0697. The van der Waals surface area contributed by atoms with Crippen molar-refractivity contribution in [2.45, 2.75) is 0 Å². The molecule has 2 heterocycles. The van der Waals surface area contributed by atoms with Gasteiger partial charge < -0.3 is 13.9 Å². The van der Waals surface area contributed by atoms with Gasteiger partial charge in [0.05, 0.1) is 17.5 Å². The monoisotopic (exact) mass is 534 g/mol.